The van der Waals surface area contributed by atoms with Crippen LogP contribution in [0.4, 0.5) is 0 Å². The summed E-state index contributed by atoms with van der Waals surface area (Å²) in [6.45, 7) is 2.69. The first-order chi connectivity index (χ1) is 12.4. The van der Waals surface area contributed by atoms with Crippen molar-refractivity contribution < 1.29 is 0 Å². The molecule has 0 amide bonds. The van der Waals surface area contributed by atoms with E-state index >= 15 is 0 Å². The summed E-state index contributed by atoms with van der Waals surface area (Å²) in [6.07, 6.45) is 0. The lowest BCUT2D eigenvalue weighted by Gasteiger charge is -2.16. The van der Waals surface area contributed by atoms with Crippen LogP contribution in [0.1, 0.15) is 0 Å². The molecule has 3 aromatic rings. The van der Waals surface area contributed by atoms with Crippen LogP contribution in [0.3, 0.4) is 0 Å². The summed E-state index contributed by atoms with van der Waals surface area (Å²) in [4.78, 5) is 4.43. The Labute approximate surface area is 150 Å². The van der Waals surface area contributed by atoms with E-state index in [4.69, 9.17) is 5.10 Å². The number of likely N-dealkylation sites (N-methyl/N-ethyl adjacent to an activating group) is 1. The highest BCUT2D eigenvalue weighted by molar-refractivity contribution is 8.14. The van der Waals surface area contributed by atoms with Gasteiger partial charge in [-0.05, 0) is 19.2 Å². The summed E-state index contributed by atoms with van der Waals surface area (Å²) in [5.41, 5.74) is 5.55. The molecule has 0 fully saturated rings. The van der Waals surface area contributed by atoms with Gasteiger partial charge in [0.1, 0.15) is 5.36 Å². The van der Waals surface area contributed by atoms with Crippen molar-refractivity contribution in [3.8, 4) is 0 Å². The standard InChI is InChI=1S/C19H21N5S/c1-20-10-12-24-16-8-4-2-6-14(16)18(15-7-3-5-9-17(15)24)22-23-19-21-11-13-25-19/h2-9,20H,10-13H2,1H3,(H,21,23). The molecule has 0 radical (unpaired) electrons. The highest BCUT2D eigenvalue weighted by atomic mass is 32.2. The second-order valence-corrected chi connectivity index (χ2v) is 6.98. The molecule has 1 aliphatic heterocycles. The lowest BCUT2D eigenvalue weighted by Crippen LogP contribution is -2.22. The van der Waals surface area contributed by atoms with E-state index in [0.29, 0.717) is 0 Å². The fourth-order valence-electron chi connectivity index (χ4n) is 3.18. The van der Waals surface area contributed by atoms with Gasteiger partial charge in [0, 0.05) is 29.6 Å². The normalized spacial score (nSPS) is 14.0. The Kier molecular flexibility index (Phi) is 4.72. The van der Waals surface area contributed by atoms with Crippen LogP contribution in [-0.4, -0.2) is 35.6 Å². The Morgan fingerprint density at radius 1 is 1.08 bits per heavy atom. The molecule has 128 valence electrons. The molecule has 2 heterocycles. The molecule has 2 N–H and O–H groups in total. The van der Waals surface area contributed by atoms with Crippen molar-refractivity contribution in [2.75, 3.05) is 25.9 Å². The van der Waals surface area contributed by atoms with E-state index in [1.165, 1.54) is 11.0 Å². The summed E-state index contributed by atoms with van der Waals surface area (Å²) < 4.78 is 2.36. The highest BCUT2D eigenvalue weighted by Crippen LogP contribution is 2.19. The van der Waals surface area contributed by atoms with Gasteiger partial charge in [0.05, 0.1) is 17.6 Å². The summed E-state index contributed by atoms with van der Waals surface area (Å²) in [5.74, 6) is 1.03. The number of para-hydroxylation sites is 2. The smallest absolute Gasteiger partial charge is 0.177 e. The van der Waals surface area contributed by atoms with Gasteiger partial charge < -0.3 is 9.88 Å². The van der Waals surface area contributed by atoms with Crippen molar-refractivity contribution >= 4 is 38.7 Å². The molecule has 0 saturated heterocycles. The zero-order chi connectivity index (χ0) is 17.1. The number of thioether (sulfide) groups is 1. The highest BCUT2D eigenvalue weighted by Gasteiger charge is 2.10. The number of hydrogen-bond donors (Lipinski definition) is 2. The van der Waals surface area contributed by atoms with Crippen molar-refractivity contribution in [2.45, 2.75) is 6.54 Å². The largest absolute Gasteiger partial charge is 0.339 e. The van der Waals surface area contributed by atoms with E-state index < -0.39 is 0 Å². The number of aliphatic imine (C=N–C) groups is 1. The van der Waals surface area contributed by atoms with Gasteiger partial charge in [0.15, 0.2) is 5.17 Å². The van der Waals surface area contributed by atoms with Crippen LogP contribution in [0.15, 0.2) is 58.6 Å². The Balaban J connectivity index is 1.98. The van der Waals surface area contributed by atoms with E-state index in [9.17, 15) is 0 Å². The first-order valence-electron chi connectivity index (χ1n) is 8.50. The zero-order valence-corrected chi connectivity index (χ0v) is 15.0. The average Bonchev–Trinajstić information content (AvgIpc) is 3.18. The molecule has 2 aromatic carbocycles. The fourth-order valence-corrected chi connectivity index (χ4v) is 3.85. The average molecular weight is 351 g/mol. The number of amidine groups is 1. The van der Waals surface area contributed by atoms with E-state index in [0.717, 1.165) is 46.7 Å². The predicted octanol–water partition coefficient (Wildman–Crippen LogP) is 2.52. The first-order valence-corrected chi connectivity index (χ1v) is 9.49. The summed E-state index contributed by atoms with van der Waals surface area (Å²) in [7, 11) is 1.98. The van der Waals surface area contributed by atoms with Crippen LogP contribution in [0.5, 0.6) is 0 Å². The van der Waals surface area contributed by atoms with Gasteiger partial charge in [-0.3, -0.25) is 10.4 Å². The third-order valence-electron chi connectivity index (χ3n) is 4.33. The van der Waals surface area contributed by atoms with Crippen molar-refractivity contribution in [2.24, 2.45) is 10.1 Å². The second kappa shape index (κ2) is 7.29. The van der Waals surface area contributed by atoms with Gasteiger partial charge in [-0.15, -0.1) is 0 Å². The van der Waals surface area contributed by atoms with Gasteiger partial charge >= 0.3 is 0 Å². The van der Waals surface area contributed by atoms with E-state index in [-0.39, 0.29) is 0 Å². The molecule has 0 atom stereocenters. The molecule has 6 heteroatoms. The molecule has 4 rings (SSSR count). The quantitative estimate of drug-likeness (QED) is 0.561. The van der Waals surface area contributed by atoms with Gasteiger partial charge in [-0.1, -0.05) is 48.2 Å². The third-order valence-corrected chi connectivity index (χ3v) is 5.21. The van der Waals surface area contributed by atoms with Crippen LogP contribution in [0.25, 0.3) is 21.8 Å². The first kappa shape index (κ1) is 16.2. The van der Waals surface area contributed by atoms with Crippen LogP contribution in [0, 0.1) is 0 Å². The Morgan fingerprint density at radius 2 is 1.76 bits per heavy atom. The van der Waals surface area contributed by atoms with Crippen molar-refractivity contribution in [1.82, 2.24) is 15.3 Å². The SMILES string of the molecule is CNCCn1c2ccccc2c(=NNC2=NCCS2)c2ccccc21. The molecule has 1 aromatic heterocycles. The zero-order valence-electron chi connectivity index (χ0n) is 14.2. The predicted molar refractivity (Wildman–Crippen MR) is 107 cm³/mol. The molecular weight excluding hydrogens is 330 g/mol. The van der Waals surface area contributed by atoms with Crippen molar-refractivity contribution in [3.05, 3.63) is 53.9 Å². The van der Waals surface area contributed by atoms with Crippen LogP contribution < -0.4 is 16.1 Å². The maximum atomic E-state index is 4.74. The topological polar surface area (TPSA) is 53.7 Å². The van der Waals surface area contributed by atoms with Crippen LogP contribution >= 0.6 is 11.8 Å². The van der Waals surface area contributed by atoms with Gasteiger partial charge in [-0.2, -0.15) is 5.10 Å². The minimum absolute atomic E-state index is 0.864. The van der Waals surface area contributed by atoms with Crippen LogP contribution in [-0.2, 0) is 6.54 Å². The third kappa shape index (κ3) is 3.15. The van der Waals surface area contributed by atoms with Gasteiger partial charge in [0.2, 0.25) is 0 Å². The number of pyridine rings is 1. The minimum atomic E-state index is 0.864. The van der Waals surface area contributed by atoms with E-state index in [2.05, 4.69) is 68.8 Å². The Morgan fingerprint density at radius 3 is 2.36 bits per heavy atom. The molecule has 25 heavy (non-hydrogen) atoms. The molecule has 0 aliphatic carbocycles. The van der Waals surface area contributed by atoms with Gasteiger partial charge in [0.25, 0.3) is 0 Å². The number of nitrogens with zero attached hydrogens (tertiary/aromatic N) is 3. The summed E-state index contributed by atoms with van der Waals surface area (Å²) in [6, 6.07) is 16.9. The minimum Gasteiger partial charge on any atom is -0.339 e. The number of fused-ring (bicyclic) bond motifs is 2. The van der Waals surface area contributed by atoms with Crippen molar-refractivity contribution in [1.29, 1.82) is 0 Å². The molecule has 0 unspecified atom stereocenters. The Hall–Kier alpha value is -2.31. The second-order valence-electron chi connectivity index (χ2n) is 5.90. The number of nitrogens with one attached hydrogen (secondary N) is 2. The summed E-state index contributed by atoms with van der Waals surface area (Å²) in [5, 5.41) is 12.2. The molecule has 5 nitrogen and oxygen atoms in total. The maximum Gasteiger partial charge on any atom is 0.177 e. The van der Waals surface area contributed by atoms with E-state index in [1.54, 1.807) is 11.8 Å². The van der Waals surface area contributed by atoms with E-state index in [1.807, 2.05) is 7.05 Å². The summed E-state index contributed by atoms with van der Waals surface area (Å²) >= 11 is 1.72. The molecule has 1 aliphatic rings. The molecule has 0 saturated carbocycles. The van der Waals surface area contributed by atoms with Crippen LogP contribution in [0.2, 0.25) is 0 Å². The number of aromatic nitrogens is 1. The molecule has 0 spiro atoms. The lowest BCUT2D eigenvalue weighted by molar-refractivity contribution is 0.674. The number of rotatable bonds is 4. The van der Waals surface area contributed by atoms with Crippen molar-refractivity contribution in [3.63, 3.8) is 0 Å². The lowest BCUT2D eigenvalue weighted by atomic mass is 10.1. The fraction of sp³-hybridized carbons (Fsp3) is 0.263. The number of benzene rings is 2. The van der Waals surface area contributed by atoms with Gasteiger partial charge in [-0.25, -0.2) is 0 Å². The monoisotopic (exact) mass is 351 g/mol. The molecule has 0 bridgehead atoms. The Bertz CT molecular complexity index is 946. The maximum absolute atomic E-state index is 4.74. The molecular formula is C19H21N5S. The number of hydrogen-bond acceptors (Lipinski definition) is 5.